The van der Waals surface area contributed by atoms with Crippen molar-refractivity contribution in [3.8, 4) is 22.3 Å². The molecule has 2 heteroatoms. The van der Waals surface area contributed by atoms with Crippen molar-refractivity contribution in [1.82, 2.24) is 0 Å². The van der Waals surface area contributed by atoms with Crippen molar-refractivity contribution in [3.63, 3.8) is 0 Å². The average molecular weight is 778 g/mol. The summed E-state index contributed by atoms with van der Waals surface area (Å²) in [6.45, 7) is 9.78. The first-order chi connectivity index (χ1) is 25.0. The molecule has 0 unspecified atom stereocenters. The van der Waals surface area contributed by atoms with Gasteiger partial charge in [0, 0.05) is 0 Å². The normalized spacial score (nSPS) is 10.6. The van der Waals surface area contributed by atoms with Crippen LogP contribution in [0.2, 0.25) is 0 Å². The van der Waals surface area contributed by atoms with Crippen LogP contribution in [0.4, 0.5) is 0 Å². The molecule has 0 heterocycles. The Labute approximate surface area is 333 Å². The summed E-state index contributed by atoms with van der Waals surface area (Å²) in [6, 6.07) is 61.8. The molecule has 9 aromatic carbocycles. The summed E-state index contributed by atoms with van der Waals surface area (Å²) in [5.41, 5.74) is 10.8. The number of aryl methyl sites for hydroxylation is 1. The van der Waals surface area contributed by atoms with E-state index >= 15 is 0 Å². The fourth-order valence-electron chi connectivity index (χ4n) is 7.42. The zero-order valence-electron chi connectivity index (χ0n) is 31.5. The molecule has 0 aliphatic rings. The van der Waals surface area contributed by atoms with Gasteiger partial charge >= 0.3 is 30.2 Å². The number of benzene rings is 7. The van der Waals surface area contributed by atoms with Crippen LogP contribution >= 0.6 is 0 Å². The van der Waals surface area contributed by atoms with E-state index in [0.717, 1.165) is 6.42 Å². The number of rotatable bonds is 5. The first-order valence-electron chi connectivity index (χ1n) is 17.7. The summed E-state index contributed by atoms with van der Waals surface area (Å²) in [5.74, 6) is 0.563. The molecule has 53 heavy (non-hydrogen) atoms. The van der Waals surface area contributed by atoms with Crippen LogP contribution in [0.1, 0.15) is 42.0 Å². The van der Waals surface area contributed by atoms with Crippen molar-refractivity contribution in [2.45, 2.75) is 33.1 Å². The Hall–Kier alpha value is -4.62. The zero-order chi connectivity index (χ0) is 35.3. The van der Waals surface area contributed by atoms with E-state index in [2.05, 4.69) is 198 Å². The zero-order valence-corrected chi connectivity index (χ0v) is 34.9. The predicted molar refractivity (Wildman–Crippen MR) is 232 cm³/mol. The van der Waals surface area contributed by atoms with E-state index in [1.807, 2.05) is 0 Å². The number of hydrogen-bond acceptors (Lipinski definition) is 0. The molecule has 0 saturated carbocycles. The van der Waals surface area contributed by atoms with E-state index in [1.54, 1.807) is 0 Å². The van der Waals surface area contributed by atoms with Crippen molar-refractivity contribution in [2.24, 2.45) is 0 Å². The Morgan fingerprint density at radius 3 is 1.62 bits per heavy atom. The van der Waals surface area contributed by atoms with E-state index < -0.39 is 0 Å². The van der Waals surface area contributed by atoms with Gasteiger partial charge in [-0.15, -0.1) is 68.6 Å². The third-order valence-corrected chi connectivity index (χ3v) is 10.0. The molecule has 0 aliphatic heterocycles. The topological polar surface area (TPSA) is 0 Å². The third-order valence-electron chi connectivity index (χ3n) is 10.0. The molecular formula is C51H46SiZr-4. The van der Waals surface area contributed by atoms with Gasteiger partial charge in [-0.05, 0) is 50.6 Å². The molecule has 0 spiro atoms. The molecule has 0 bridgehead atoms. The molecule has 0 N–H and O–H groups in total. The summed E-state index contributed by atoms with van der Waals surface area (Å²) in [5, 5.41) is 10.7. The Morgan fingerprint density at radius 1 is 0.509 bits per heavy atom. The molecule has 0 aromatic heterocycles. The molecule has 0 amide bonds. The van der Waals surface area contributed by atoms with Crippen LogP contribution in [0.15, 0.2) is 170 Å². The van der Waals surface area contributed by atoms with Gasteiger partial charge in [-0.3, -0.25) is 0 Å². The maximum absolute atomic E-state index is 3.06. The minimum atomic E-state index is 0. The van der Waals surface area contributed by atoms with Gasteiger partial charge < -0.3 is 14.9 Å². The third kappa shape index (κ3) is 8.31. The van der Waals surface area contributed by atoms with Crippen LogP contribution in [0, 0.1) is 21.8 Å². The number of hydrogen-bond donors (Lipinski definition) is 0. The molecule has 0 aliphatic carbocycles. The molecule has 0 fully saturated rings. The quantitative estimate of drug-likeness (QED) is 0.121. The van der Waals surface area contributed by atoms with E-state index in [4.69, 9.17) is 0 Å². The van der Waals surface area contributed by atoms with Crippen molar-refractivity contribution < 1.29 is 23.3 Å². The van der Waals surface area contributed by atoms with Crippen molar-refractivity contribution >= 4 is 50.0 Å². The van der Waals surface area contributed by atoms with Crippen LogP contribution < -0.4 is 0 Å². The second kappa shape index (κ2) is 17.9. The van der Waals surface area contributed by atoms with Crippen molar-refractivity contribution in [1.29, 1.82) is 0 Å². The summed E-state index contributed by atoms with van der Waals surface area (Å²) in [7, 11) is 0. The van der Waals surface area contributed by atoms with Crippen LogP contribution in [-0.2, 0) is 29.8 Å². The fourth-order valence-corrected chi connectivity index (χ4v) is 7.42. The molecule has 262 valence electrons. The van der Waals surface area contributed by atoms with Gasteiger partial charge in [-0.2, -0.15) is 12.1 Å². The van der Waals surface area contributed by atoms with E-state index in [-0.39, 0.29) is 14.9 Å². The Balaban J connectivity index is 0.000000192. The van der Waals surface area contributed by atoms with Crippen molar-refractivity contribution in [3.05, 3.63) is 207 Å². The van der Waals surface area contributed by atoms with Gasteiger partial charge in [0.2, 0.25) is 0 Å². The minimum absolute atomic E-state index is 0. The second-order valence-electron chi connectivity index (χ2n) is 13.6. The maximum atomic E-state index is 3.06. The predicted octanol–water partition coefficient (Wildman–Crippen LogP) is 14.3. The van der Waals surface area contributed by atoms with Gasteiger partial charge in [-0.1, -0.05) is 159 Å². The molecular weight excluding hydrogens is 732 g/mol. The Kier molecular flexibility index (Phi) is 13.4. The summed E-state index contributed by atoms with van der Waals surface area (Å²) < 4.78 is 0. The Bertz CT molecular complexity index is 2570. The van der Waals surface area contributed by atoms with Gasteiger partial charge in [0.05, 0.1) is 0 Å². The fraction of sp³-hybridized carbons (Fsp3) is 0.0980. The molecule has 9 rings (SSSR count). The first-order valence-corrected chi connectivity index (χ1v) is 21.9. The van der Waals surface area contributed by atoms with Gasteiger partial charge in [0.25, 0.3) is 0 Å². The molecule has 0 nitrogen and oxygen atoms in total. The average Bonchev–Trinajstić information content (AvgIpc) is 3.82. The van der Waals surface area contributed by atoms with Crippen LogP contribution in [-0.4, -0.2) is 6.88 Å². The Morgan fingerprint density at radius 2 is 1.02 bits per heavy atom. The SMILES string of the molecule is CC(C)c1cc2c(-c3cccc4ccccc34)cccc2[cH-]1.Cc1ccc(-c2cccc3ccccc23)c2cc(Cc3ccccc3)[cH-]c12.[CH3-].[CH3-].[Si]=[Zr]. The summed E-state index contributed by atoms with van der Waals surface area (Å²) in [6.07, 6.45) is 0.976. The van der Waals surface area contributed by atoms with E-state index in [0.29, 0.717) is 5.92 Å². The summed E-state index contributed by atoms with van der Waals surface area (Å²) >= 11 is 1.36. The molecule has 0 saturated heterocycles. The van der Waals surface area contributed by atoms with Crippen LogP contribution in [0.3, 0.4) is 0 Å². The van der Waals surface area contributed by atoms with Crippen molar-refractivity contribution in [2.75, 3.05) is 0 Å². The molecule has 0 atom stereocenters. The van der Waals surface area contributed by atoms with Gasteiger partial charge in [-0.25, -0.2) is 0 Å². The van der Waals surface area contributed by atoms with Gasteiger partial charge in [0.15, 0.2) is 0 Å². The molecule has 2 radical (unpaired) electrons. The van der Waals surface area contributed by atoms with Gasteiger partial charge in [0.1, 0.15) is 0 Å². The standard InChI is InChI=1S/C27H21.C22H19.2CH3.Si.Zr/c1-19-14-15-25(24-13-7-11-22-10-5-6-12-23(22)24)27-18-21(17-26(19)27)16-20-8-3-2-4-9-20;1-15(2)18-13-17-9-6-12-21(22(17)14-18)20-11-5-8-16-7-3-4-10-19(16)20;;;;/h2-15,17-18H,16H2,1H3;3-15H,1-2H3;2*1H3;;/q4*-1;;. The van der Waals surface area contributed by atoms with E-state index in [9.17, 15) is 0 Å². The first kappa shape index (κ1) is 39.6. The summed E-state index contributed by atoms with van der Waals surface area (Å²) in [4.78, 5) is 0. The molecule has 9 aromatic rings. The van der Waals surface area contributed by atoms with Crippen LogP contribution in [0.25, 0.3) is 65.3 Å². The second-order valence-corrected chi connectivity index (χ2v) is 13.6. The monoisotopic (exact) mass is 776 g/mol. The van der Waals surface area contributed by atoms with Crippen LogP contribution in [0.5, 0.6) is 0 Å². The number of fused-ring (bicyclic) bond motifs is 4. The van der Waals surface area contributed by atoms with E-state index in [1.165, 1.54) is 111 Å².